The molecule has 1 heterocycles. The van der Waals surface area contributed by atoms with E-state index in [1.165, 1.54) is 10.4 Å². The Hall–Kier alpha value is -0.420. The molecule has 2 unspecified atom stereocenters. The van der Waals surface area contributed by atoms with Crippen LogP contribution in [0.4, 0.5) is 0 Å². The number of aliphatic hydroxyl groups excluding tert-OH is 1. The quantitative estimate of drug-likeness (QED) is 0.763. The highest BCUT2D eigenvalue weighted by Gasteiger charge is 2.26. The Labute approximate surface area is 115 Å². The molecule has 0 saturated carbocycles. The van der Waals surface area contributed by atoms with Crippen molar-refractivity contribution in [2.24, 2.45) is 5.73 Å². The van der Waals surface area contributed by atoms with E-state index < -0.39 is 0 Å². The number of rotatable bonds is 8. The molecule has 3 N–H and O–H groups in total. The Balaban J connectivity index is 2.93. The van der Waals surface area contributed by atoms with E-state index in [2.05, 4.69) is 37.1 Å². The van der Waals surface area contributed by atoms with Gasteiger partial charge >= 0.3 is 0 Å². The van der Waals surface area contributed by atoms with Crippen molar-refractivity contribution in [3.8, 4) is 0 Å². The van der Waals surface area contributed by atoms with E-state index in [0.717, 1.165) is 25.9 Å². The summed E-state index contributed by atoms with van der Waals surface area (Å²) in [6.07, 6.45) is 1.78. The molecule has 0 aliphatic heterocycles. The maximum absolute atomic E-state index is 9.02. The van der Waals surface area contributed by atoms with Gasteiger partial charge in [0.25, 0.3) is 0 Å². The number of aryl methyl sites for hydroxylation is 1. The molecule has 18 heavy (non-hydrogen) atoms. The lowest BCUT2D eigenvalue weighted by molar-refractivity contribution is 0.161. The van der Waals surface area contributed by atoms with Crippen LogP contribution in [0.5, 0.6) is 0 Å². The molecule has 0 saturated heterocycles. The SMILES string of the molecule is CCC(N)C(c1sccc1C)N(CC)CCCO. The van der Waals surface area contributed by atoms with Gasteiger partial charge in [0.15, 0.2) is 0 Å². The van der Waals surface area contributed by atoms with Gasteiger partial charge in [-0.25, -0.2) is 0 Å². The van der Waals surface area contributed by atoms with Gasteiger partial charge < -0.3 is 10.8 Å². The third-order valence-corrected chi connectivity index (χ3v) is 4.54. The van der Waals surface area contributed by atoms with Gasteiger partial charge in [0.1, 0.15) is 0 Å². The fourth-order valence-electron chi connectivity index (χ4n) is 2.31. The van der Waals surface area contributed by atoms with Crippen molar-refractivity contribution in [2.45, 2.75) is 45.7 Å². The van der Waals surface area contributed by atoms with E-state index >= 15 is 0 Å². The molecule has 0 spiro atoms. The number of hydrogen-bond donors (Lipinski definition) is 2. The lowest BCUT2D eigenvalue weighted by Crippen LogP contribution is -2.41. The molecule has 3 nitrogen and oxygen atoms in total. The Morgan fingerprint density at radius 1 is 1.44 bits per heavy atom. The fourth-order valence-corrected chi connectivity index (χ4v) is 3.45. The van der Waals surface area contributed by atoms with Crippen molar-refractivity contribution in [2.75, 3.05) is 19.7 Å². The molecule has 104 valence electrons. The summed E-state index contributed by atoms with van der Waals surface area (Å²) in [6.45, 7) is 8.57. The summed E-state index contributed by atoms with van der Waals surface area (Å²) >= 11 is 1.79. The molecule has 0 aromatic carbocycles. The topological polar surface area (TPSA) is 49.5 Å². The van der Waals surface area contributed by atoms with Crippen LogP contribution in [0, 0.1) is 6.92 Å². The first-order chi connectivity index (χ1) is 8.65. The third kappa shape index (κ3) is 3.79. The van der Waals surface area contributed by atoms with E-state index in [-0.39, 0.29) is 18.7 Å². The molecule has 0 aliphatic carbocycles. The zero-order valence-electron chi connectivity index (χ0n) is 11.7. The van der Waals surface area contributed by atoms with Gasteiger partial charge in [-0.2, -0.15) is 0 Å². The first-order valence-electron chi connectivity index (χ1n) is 6.80. The van der Waals surface area contributed by atoms with Crippen LogP contribution in [0.15, 0.2) is 11.4 Å². The lowest BCUT2D eigenvalue weighted by Gasteiger charge is -2.34. The van der Waals surface area contributed by atoms with Gasteiger partial charge in [-0.1, -0.05) is 13.8 Å². The van der Waals surface area contributed by atoms with Gasteiger partial charge in [0, 0.05) is 24.1 Å². The Morgan fingerprint density at radius 3 is 2.61 bits per heavy atom. The Morgan fingerprint density at radius 2 is 2.17 bits per heavy atom. The van der Waals surface area contributed by atoms with Gasteiger partial charge in [0.2, 0.25) is 0 Å². The molecule has 0 aliphatic rings. The van der Waals surface area contributed by atoms with Crippen molar-refractivity contribution >= 4 is 11.3 Å². The number of nitrogens with two attached hydrogens (primary N) is 1. The van der Waals surface area contributed by atoms with Crippen molar-refractivity contribution in [1.29, 1.82) is 0 Å². The molecule has 0 fully saturated rings. The molecule has 0 amide bonds. The normalized spacial score (nSPS) is 15.0. The predicted molar refractivity (Wildman–Crippen MR) is 79.0 cm³/mol. The fraction of sp³-hybridized carbons (Fsp3) is 0.714. The summed E-state index contributed by atoms with van der Waals surface area (Å²) in [6, 6.07) is 2.60. The van der Waals surface area contributed by atoms with E-state index in [1.807, 2.05) is 0 Å². The van der Waals surface area contributed by atoms with Crippen molar-refractivity contribution in [3.05, 3.63) is 21.9 Å². The molecule has 1 aromatic heterocycles. The van der Waals surface area contributed by atoms with Gasteiger partial charge in [-0.05, 0) is 43.3 Å². The summed E-state index contributed by atoms with van der Waals surface area (Å²) in [7, 11) is 0. The standard InChI is InChI=1S/C14H26N2OS/c1-4-12(15)13(14-11(3)7-10-18-14)16(5-2)8-6-9-17/h7,10,12-13,17H,4-6,8-9,15H2,1-3H3. The third-order valence-electron chi connectivity index (χ3n) is 3.45. The van der Waals surface area contributed by atoms with E-state index in [1.54, 1.807) is 11.3 Å². The number of aliphatic hydroxyl groups is 1. The molecule has 1 rings (SSSR count). The van der Waals surface area contributed by atoms with Crippen LogP contribution in [-0.2, 0) is 0 Å². The maximum Gasteiger partial charge on any atom is 0.0595 e. The summed E-state index contributed by atoms with van der Waals surface area (Å²) in [5.41, 5.74) is 7.66. The highest BCUT2D eigenvalue weighted by atomic mass is 32.1. The number of nitrogens with zero attached hydrogens (tertiary/aromatic N) is 1. The van der Waals surface area contributed by atoms with Crippen LogP contribution < -0.4 is 5.73 Å². The smallest absolute Gasteiger partial charge is 0.0595 e. The summed E-state index contributed by atoms with van der Waals surface area (Å²) in [5.74, 6) is 0. The lowest BCUT2D eigenvalue weighted by atomic mass is 10.0. The van der Waals surface area contributed by atoms with E-state index in [0.29, 0.717) is 0 Å². The van der Waals surface area contributed by atoms with Crippen LogP contribution in [0.3, 0.4) is 0 Å². The number of thiophene rings is 1. The zero-order chi connectivity index (χ0) is 13.5. The van der Waals surface area contributed by atoms with Crippen LogP contribution in [0.2, 0.25) is 0 Å². The molecular formula is C14H26N2OS. The minimum Gasteiger partial charge on any atom is -0.396 e. The minimum absolute atomic E-state index is 0.154. The van der Waals surface area contributed by atoms with Gasteiger partial charge in [-0.15, -0.1) is 11.3 Å². The Kier molecular flexibility index (Phi) is 6.86. The summed E-state index contributed by atoms with van der Waals surface area (Å²) < 4.78 is 0. The van der Waals surface area contributed by atoms with Crippen molar-refractivity contribution in [1.82, 2.24) is 4.90 Å². The molecule has 1 aromatic rings. The number of hydrogen-bond acceptors (Lipinski definition) is 4. The second-order valence-electron chi connectivity index (χ2n) is 4.69. The zero-order valence-corrected chi connectivity index (χ0v) is 12.5. The average molecular weight is 270 g/mol. The molecular weight excluding hydrogens is 244 g/mol. The molecule has 0 bridgehead atoms. The monoisotopic (exact) mass is 270 g/mol. The van der Waals surface area contributed by atoms with Gasteiger partial charge in [0.05, 0.1) is 6.04 Å². The summed E-state index contributed by atoms with van der Waals surface area (Å²) in [4.78, 5) is 3.77. The number of likely N-dealkylation sites (N-methyl/N-ethyl adjacent to an activating group) is 1. The largest absolute Gasteiger partial charge is 0.396 e. The molecule has 4 heteroatoms. The predicted octanol–water partition coefficient (Wildman–Crippen LogP) is 2.54. The van der Waals surface area contributed by atoms with Crippen LogP contribution >= 0.6 is 11.3 Å². The van der Waals surface area contributed by atoms with Crippen LogP contribution in [0.25, 0.3) is 0 Å². The molecule has 0 radical (unpaired) electrons. The van der Waals surface area contributed by atoms with E-state index in [4.69, 9.17) is 10.8 Å². The van der Waals surface area contributed by atoms with Crippen LogP contribution in [0.1, 0.15) is 43.2 Å². The average Bonchev–Trinajstić information content (AvgIpc) is 2.79. The van der Waals surface area contributed by atoms with Gasteiger partial charge in [-0.3, -0.25) is 4.90 Å². The van der Waals surface area contributed by atoms with Crippen LogP contribution in [-0.4, -0.2) is 35.7 Å². The Bertz CT molecular complexity index is 340. The first kappa shape index (κ1) is 15.6. The van der Waals surface area contributed by atoms with Crippen molar-refractivity contribution in [3.63, 3.8) is 0 Å². The summed E-state index contributed by atoms with van der Waals surface area (Å²) in [5, 5.41) is 11.2. The second-order valence-corrected chi connectivity index (χ2v) is 5.64. The highest BCUT2D eigenvalue weighted by Crippen LogP contribution is 2.31. The second kappa shape index (κ2) is 7.89. The van der Waals surface area contributed by atoms with Crippen molar-refractivity contribution < 1.29 is 5.11 Å². The highest BCUT2D eigenvalue weighted by molar-refractivity contribution is 7.10. The first-order valence-corrected chi connectivity index (χ1v) is 7.68. The maximum atomic E-state index is 9.02. The molecule has 2 atom stereocenters. The van der Waals surface area contributed by atoms with E-state index in [9.17, 15) is 0 Å². The minimum atomic E-state index is 0.154.